The van der Waals surface area contributed by atoms with Crippen molar-refractivity contribution in [3.63, 3.8) is 0 Å². The summed E-state index contributed by atoms with van der Waals surface area (Å²) >= 11 is 0. The van der Waals surface area contributed by atoms with Crippen molar-refractivity contribution < 1.29 is 17.6 Å². The van der Waals surface area contributed by atoms with Crippen LogP contribution in [0.4, 0.5) is 0 Å². The van der Waals surface area contributed by atoms with Crippen molar-refractivity contribution in [2.45, 2.75) is 25.1 Å². The lowest BCUT2D eigenvalue weighted by Crippen LogP contribution is -2.41. The van der Waals surface area contributed by atoms with E-state index in [0.29, 0.717) is 0 Å². The standard InChI is InChI=1S/C14H18N2O4S/c1-9(13-5-10-6-15-4-3-12(10)20-13)16-11-7-21(17,18)8-14(11)19-2/h3-6,9,11,14,16H,7-8H2,1-2H3. The van der Waals surface area contributed by atoms with Crippen LogP contribution in [0.5, 0.6) is 0 Å². The number of nitrogens with one attached hydrogen (secondary N) is 1. The summed E-state index contributed by atoms with van der Waals surface area (Å²) in [6.07, 6.45) is 3.11. The molecule has 6 nitrogen and oxygen atoms in total. The van der Waals surface area contributed by atoms with Crippen molar-refractivity contribution in [1.82, 2.24) is 10.3 Å². The highest BCUT2D eigenvalue weighted by Gasteiger charge is 2.38. The van der Waals surface area contributed by atoms with Gasteiger partial charge in [-0.2, -0.15) is 0 Å². The van der Waals surface area contributed by atoms with Gasteiger partial charge in [-0.25, -0.2) is 8.42 Å². The number of pyridine rings is 1. The molecule has 1 N–H and O–H groups in total. The van der Waals surface area contributed by atoms with Crippen molar-refractivity contribution >= 4 is 20.8 Å². The molecule has 0 amide bonds. The molecule has 0 aromatic carbocycles. The highest BCUT2D eigenvalue weighted by Crippen LogP contribution is 2.25. The number of methoxy groups -OCH3 is 1. The van der Waals surface area contributed by atoms with Gasteiger partial charge in [-0.1, -0.05) is 0 Å². The van der Waals surface area contributed by atoms with E-state index >= 15 is 0 Å². The second kappa shape index (κ2) is 5.40. The van der Waals surface area contributed by atoms with Crippen LogP contribution in [0.2, 0.25) is 0 Å². The molecule has 1 fully saturated rings. The van der Waals surface area contributed by atoms with Crippen LogP contribution in [0.25, 0.3) is 11.0 Å². The van der Waals surface area contributed by atoms with Crippen LogP contribution in [0.3, 0.4) is 0 Å². The summed E-state index contributed by atoms with van der Waals surface area (Å²) in [6, 6.07) is 3.41. The smallest absolute Gasteiger partial charge is 0.154 e. The highest BCUT2D eigenvalue weighted by atomic mass is 32.2. The van der Waals surface area contributed by atoms with E-state index in [0.717, 1.165) is 16.7 Å². The van der Waals surface area contributed by atoms with E-state index in [1.165, 1.54) is 7.11 Å². The number of rotatable bonds is 4. The summed E-state index contributed by atoms with van der Waals surface area (Å²) in [7, 11) is -1.50. The fourth-order valence-corrected chi connectivity index (χ4v) is 4.59. The molecule has 1 saturated heterocycles. The molecule has 3 rings (SSSR count). The lowest BCUT2D eigenvalue weighted by atomic mass is 10.1. The van der Waals surface area contributed by atoms with Crippen LogP contribution < -0.4 is 5.32 Å². The summed E-state index contributed by atoms with van der Waals surface area (Å²) in [5.41, 5.74) is 0.774. The van der Waals surface area contributed by atoms with E-state index in [1.807, 2.05) is 19.1 Å². The molecule has 2 aromatic rings. The average molecular weight is 310 g/mol. The Labute approximate surface area is 123 Å². The summed E-state index contributed by atoms with van der Waals surface area (Å²) in [4.78, 5) is 4.05. The summed E-state index contributed by atoms with van der Waals surface area (Å²) in [6.45, 7) is 1.95. The van der Waals surface area contributed by atoms with Crippen LogP contribution in [0.15, 0.2) is 28.9 Å². The third-order valence-electron chi connectivity index (χ3n) is 3.83. The van der Waals surface area contributed by atoms with Crippen molar-refractivity contribution in [3.8, 4) is 0 Å². The number of ether oxygens (including phenoxy) is 1. The van der Waals surface area contributed by atoms with Gasteiger partial charge in [0.1, 0.15) is 11.3 Å². The monoisotopic (exact) mass is 310 g/mol. The lowest BCUT2D eigenvalue weighted by Gasteiger charge is -2.21. The van der Waals surface area contributed by atoms with E-state index in [9.17, 15) is 8.42 Å². The van der Waals surface area contributed by atoms with Crippen LogP contribution in [0.1, 0.15) is 18.7 Å². The SMILES string of the molecule is COC1CS(=O)(=O)CC1NC(C)c1cc2cnccc2o1. The molecule has 1 aliphatic heterocycles. The topological polar surface area (TPSA) is 81.4 Å². The van der Waals surface area contributed by atoms with Crippen molar-refractivity contribution in [2.24, 2.45) is 0 Å². The molecule has 0 saturated carbocycles. The second-order valence-electron chi connectivity index (χ2n) is 5.41. The number of sulfone groups is 1. The zero-order valence-corrected chi connectivity index (χ0v) is 12.8. The second-order valence-corrected chi connectivity index (χ2v) is 7.56. The molecule has 3 unspecified atom stereocenters. The van der Waals surface area contributed by atoms with E-state index in [4.69, 9.17) is 9.15 Å². The van der Waals surface area contributed by atoms with Gasteiger partial charge < -0.3 is 14.5 Å². The van der Waals surface area contributed by atoms with Crippen LogP contribution in [-0.4, -0.2) is 44.2 Å². The minimum absolute atomic E-state index is 0.0674. The van der Waals surface area contributed by atoms with E-state index in [2.05, 4.69) is 10.3 Å². The number of aromatic nitrogens is 1. The maximum Gasteiger partial charge on any atom is 0.154 e. The van der Waals surface area contributed by atoms with Gasteiger partial charge in [-0.15, -0.1) is 0 Å². The van der Waals surface area contributed by atoms with Crippen molar-refractivity contribution in [1.29, 1.82) is 0 Å². The Morgan fingerprint density at radius 2 is 2.29 bits per heavy atom. The molecule has 1 aliphatic rings. The minimum Gasteiger partial charge on any atom is -0.459 e. The van der Waals surface area contributed by atoms with Gasteiger partial charge in [-0.05, 0) is 19.1 Å². The van der Waals surface area contributed by atoms with Gasteiger partial charge in [0, 0.05) is 30.9 Å². The Morgan fingerprint density at radius 1 is 1.48 bits per heavy atom. The molecule has 3 atom stereocenters. The van der Waals surface area contributed by atoms with E-state index < -0.39 is 9.84 Å². The fraction of sp³-hybridized carbons (Fsp3) is 0.500. The first-order valence-electron chi connectivity index (χ1n) is 6.81. The van der Waals surface area contributed by atoms with Gasteiger partial charge in [0.25, 0.3) is 0 Å². The molecular formula is C14H18N2O4S. The third kappa shape index (κ3) is 2.95. The van der Waals surface area contributed by atoms with Gasteiger partial charge in [0.05, 0.1) is 23.7 Å². The zero-order valence-electron chi connectivity index (χ0n) is 11.9. The highest BCUT2D eigenvalue weighted by molar-refractivity contribution is 7.91. The maximum atomic E-state index is 11.7. The molecule has 0 spiro atoms. The number of hydrogen-bond donors (Lipinski definition) is 1. The molecule has 2 aromatic heterocycles. The fourth-order valence-electron chi connectivity index (χ4n) is 2.72. The maximum absolute atomic E-state index is 11.7. The van der Waals surface area contributed by atoms with Crippen LogP contribution in [-0.2, 0) is 14.6 Å². The van der Waals surface area contributed by atoms with Gasteiger partial charge in [0.2, 0.25) is 0 Å². The van der Waals surface area contributed by atoms with Gasteiger partial charge in [-0.3, -0.25) is 4.98 Å². The Kier molecular flexibility index (Phi) is 3.73. The van der Waals surface area contributed by atoms with Gasteiger partial charge in [0.15, 0.2) is 9.84 Å². The Bertz CT molecular complexity index is 707. The molecule has 114 valence electrons. The number of nitrogens with zero attached hydrogens (tertiary/aromatic N) is 1. The molecule has 0 radical (unpaired) electrons. The van der Waals surface area contributed by atoms with E-state index in [-0.39, 0.29) is 29.7 Å². The largest absolute Gasteiger partial charge is 0.459 e. The molecule has 7 heteroatoms. The predicted molar refractivity (Wildman–Crippen MR) is 78.8 cm³/mol. The number of furan rings is 1. The molecule has 3 heterocycles. The Hall–Kier alpha value is -1.44. The summed E-state index contributed by atoms with van der Waals surface area (Å²) < 4.78 is 34.5. The quantitative estimate of drug-likeness (QED) is 0.916. The first kappa shape index (κ1) is 14.5. The number of hydrogen-bond acceptors (Lipinski definition) is 6. The lowest BCUT2D eigenvalue weighted by molar-refractivity contribution is 0.0946. The number of fused-ring (bicyclic) bond motifs is 1. The minimum atomic E-state index is -3.04. The summed E-state index contributed by atoms with van der Waals surface area (Å²) in [5.74, 6) is 0.924. The Morgan fingerprint density at radius 3 is 3.00 bits per heavy atom. The third-order valence-corrected chi connectivity index (χ3v) is 5.53. The average Bonchev–Trinajstić information content (AvgIpc) is 2.99. The zero-order chi connectivity index (χ0) is 15.0. The normalized spacial score (nSPS) is 26.2. The molecule has 0 aliphatic carbocycles. The van der Waals surface area contributed by atoms with Crippen LogP contribution >= 0.6 is 0 Å². The first-order valence-corrected chi connectivity index (χ1v) is 8.63. The van der Waals surface area contributed by atoms with Gasteiger partial charge >= 0.3 is 0 Å². The molecule has 0 bridgehead atoms. The molecular weight excluding hydrogens is 292 g/mol. The summed E-state index contributed by atoms with van der Waals surface area (Å²) in [5, 5.41) is 4.23. The molecule has 21 heavy (non-hydrogen) atoms. The first-order chi connectivity index (χ1) is 9.98. The van der Waals surface area contributed by atoms with E-state index in [1.54, 1.807) is 12.4 Å². The van der Waals surface area contributed by atoms with Crippen molar-refractivity contribution in [3.05, 3.63) is 30.3 Å². The predicted octanol–water partition coefficient (Wildman–Crippen LogP) is 1.29. The Balaban J connectivity index is 1.78. The van der Waals surface area contributed by atoms with Crippen LogP contribution in [0, 0.1) is 0 Å². The van der Waals surface area contributed by atoms with Crippen molar-refractivity contribution in [2.75, 3.05) is 18.6 Å².